The smallest absolute Gasteiger partial charge is 0.0770 e. The molecule has 0 spiro atoms. The van der Waals surface area contributed by atoms with Crippen molar-refractivity contribution < 1.29 is 9.84 Å². The summed E-state index contributed by atoms with van der Waals surface area (Å²) in [4.78, 5) is 0. The number of aliphatic hydroxyl groups is 1. The molecule has 2 N–H and O–H groups in total. The van der Waals surface area contributed by atoms with Crippen LogP contribution in [-0.4, -0.2) is 37.0 Å². The number of hydrogen-bond acceptors (Lipinski definition) is 3. The molecule has 0 radical (unpaired) electrons. The van der Waals surface area contributed by atoms with Crippen LogP contribution in [0.4, 0.5) is 0 Å². The van der Waals surface area contributed by atoms with Crippen molar-refractivity contribution in [2.75, 3.05) is 19.8 Å². The van der Waals surface area contributed by atoms with E-state index in [-0.39, 0.29) is 12.7 Å². The Bertz CT molecular complexity index is 182. The van der Waals surface area contributed by atoms with E-state index in [1.54, 1.807) is 0 Å². The van der Waals surface area contributed by atoms with E-state index in [2.05, 4.69) is 31.3 Å². The summed E-state index contributed by atoms with van der Waals surface area (Å²) in [5.41, 5.74) is 0. The van der Waals surface area contributed by atoms with Crippen molar-refractivity contribution in [3.8, 4) is 0 Å². The minimum atomic E-state index is 0.105. The minimum Gasteiger partial charge on any atom is -0.394 e. The quantitative estimate of drug-likeness (QED) is 0.647. The van der Waals surface area contributed by atoms with Gasteiger partial charge in [-0.05, 0) is 18.9 Å². The molecule has 14 heavy (non-hydrogen) atoms. The van der Waals surface area contributed by atoms with Crippen molar-refractivity contribution in [1.82, 2.24) is 5.32 Å². The molecule has 0 fully saturated rings. The van der Waals surface area contributed by atoms with Crippen LogP contribution < -0.4 is 5.32 Å². The highest BCUT2D eigenvalue weighted by atomic mass is 16.5. The molecule has 0 aliphatic heterocycles. The van der Waals surface area contributed by atoms with Gasteiger partial charge in [-0.1, -0.05) is 26.0 Å². The lowest BCUT2D eigenvalue weighted by Gasteiger charge is -2.30. The van der Waals surface area contributed by atoms with E-state index in [9.17, 15) is 0 Å². The average molecular weight is 199 g/mol. The lowest BCUT2D eigenvalue weighted by Crippen LogP contribution is -2.43. The molecule has 1 rings (SSSR count). The number of likely N-dealkylation sites (N-methyl/N-ethyl adjacent to an activating group) is 1. The highest BCUT2D eigenvalue weighted by molar-refractivity contribution is 5.05. The number of hydrogen-bond donors (Lipinski definition) is 2. The fraction of sp³-hybridized carbons (Fsp3) is 0.818. The molecule has 3 heteroatoms. The minimum absolute atomic E-state index is 0.105. The zero-order chi connectivity index (χ0) is 10.4. The number of aliphatic hydroxyl groups excluding tert-OH is 1. The summed E-state index contributed by atoms with van der Waals surface area (Å²) in [6.45, 7) is 5.77. The zero-order valence-corrected chi connectivity index (χ0v) is 9.07. The third kappa shape index (κ3) is 3.40. The molecule has 82 valence electrons. The first kappa shape index (κ1) is 11.7. The molecular weight excluding hydrogens is 178 g/mol. The van der Waals surface area contributed by atoms with Gasteiger partial charge in [0.25, 0.3) is 0 Å². The van der Waals surface area contributed by atoms with Crippen molar-refractivity contribution in [1.29, 1.82) is 0 Å². The van der Waals surface area contributed by atoms with Crippen molar-refractivity contribution in [2.45, 2.75) is 32.4 Å². The van der Waals surface area contributed by atoms with Gasteiger partial charge in [0.2, 0.25) is 0 Å². The molecule has 0 heterocycles. The fourth-order valence-corrected chi connectivity index (χ4v) is 1.84. The summed E-state index contributed by atoms with van der Waals surface area (Å²) < 4.78 is 5.60. The highest BCUT2D eigenvalue weighted by Crippen LogP contribution is 2.20. The van der Waals surface area contributed by atoms with E-state index < -0.39 is 0 Å². The second kappa shape index (κ2) is 6.17. The summed E-state index contributed by atoms with van der Waals surface area (Å²) in [6.07, 6.45) is 5.65. The SMILES string of the molecule is CCNC1C=CC(C)CC1OCCO. The predicted octanol–water partition coefficient (Wildman–Crippen LogP) is 0.938. The van der Waals surface area contributed by atoms with Gasteiger partial charge in [0.1, 0.15) is 0 Å². The van der Waals surface area contributed by atoms with E-state index in [0.717, 1.165) is 13.0 Å². The second-order valence-electron chi connectivity index (χ2n) is 3.81. The highest BCUT2D eigenvalue weighted by Gasteiger charge is 2.24. The Morgan fingerprint density at radius 2 is 2.29 bits per heavy atom. The fourth-order valence-electron chi connectivity index (χ4n) is 1.84. The summed E-state index contributed by atoms with van der Waals surface area (Å²) in [5.74, 6) is 0.577. The van der Waals surface area contributed by atoms with Crippen LogP contribution >= 0.6 is 0 Å². The first-order valence-electron chi connectivity index (χ1n) is 5.42. The zero-order valence-electron chi connectivity index (χ0n) is 9.07. The topological polar surface area (TPSA) is 41.5 Å². The molecule has 3 unspecified atom stereocenters. The van der Waals surface area contributed by atoms with E-state index in [1.165, 1.54) is 0 Å². The van der Waals surface area contributed by atoms with Gasteiger partial charge >= 0.3 is 0 Å². The molecule has 0 saturated carbocycles. The summed E-state index contributed by atoms with van der Waals surface area (Å²) in [7, 11) is 0. The van der Waals surface area contributed by atoms with E-state index >= 15 is 0 Å². The Hall–Kier alpha value is -0.380. The predicted molar refractivity (Wildman–Crippen MR) is 57.2 cm³/mol. The van der Waals surface area contributed by atoms with Gasteiger partial charge < -0.3 is 15.2 Å². The Morgan fingerprint density at radius 3 is 2.93 bits per heavy atom. The summed E-state index contributed by atoms with van der Waals surface area (Å²) in [5, 5.41) is 12.1. The van der Waals surface area contributed by atoms with Crippen LogP contribution in [0, 0.1) is 5.92 Å². The molecule has 3 atom stereocenters. The number of allylic oxidation sites excluding steroid dienone is 1. The van der Waals surface area contributed by atoms with Crippen molar-refractivity contribution in [3.05, 3.63) is 12.2 Å². The van der Waals surface area contributed by atoms with Gasteiger partial charge in [-0.25, -0.2) is 0 Å². The standard InChI is InChI=1S/C11H21NO2/c1-3-12-10-5-4-9(2)8-11(10)14-7-6-13/h4-5,9-13H,3,6-8H2,1-2H3. The van der Waals surface area contributed by atoms with E-state index in [4.69, 9.17) is 9.84 Å². The first-order valence-corrected chi connectivity index (χ1v) is 5.42. The third-order valence-corrected chi connectivity index (χ3v) is 2.51. The Morgan fingerprint density at radius 1 is 1.50 bits per heavy atom. The van der Waals surface area contributed by atoms with Crippen LogP contribution in [0.3, 0.4) is 0 Å². The number of ether oxygens (including phenoxy) is 1. The van der Waals surface area contributed by atoms with Crippen molar-refractivity contribution >= 4 is 0 Å². The largest absolute Gasteiger partial charge is 0.394 e. The van der Waals surface area contributed by atoms with Crippen molar-refractivity contribution in [3.63, 3.8) is 0 Å². The van der Waals surface area contributed by atoms with Crippen LogP contribution in [0.15, 0.2) is 12.2 Å². The van der Waals surface area contributed by atoms with Gasteiger partial charge in [0.15, 0.2) is 0 Å². The molecule has 0 saturated heterocycles. The normalized spacial score (nSPS) is 32.1. The summed E-state index contributed by atoms with van der Waals surface area (Å²) in [6, 6.07) is 0.308. The molecule has 0 aromatic rings. The maximum absolute atomic E-state index is 8.72. The molecule has 0 bridgehead atoms. The van der Waals surface area contributed by atoms with Crippen molar-refractivity contribution in [2.24, 2.45) is 5.92 Å². The van der Waals surface area contributed by atoms with Gasteiger partial charge in [-0.3, -0.25) is 0 Å². The molecule has 0 aromatic carbocycles. The maximum Gasteiger partial charge on any atom is 0.0770 e. The Labute approximate surface area is 86.2 Å². The van der Waals surface area contributed by atoms with Crippen LogP contribution in [0.25, 0.3) is 0 Å². The first-order chi connectivity index (χ1) is 6.77. The average Bonchev–Trinajstić information content (AvgIpc) is 2.18. The molecule has 1 aliphatic carbocycles. The van der Waals surface area contributed by atoms with Crippen LogP contribution in [0.1, 0.15) is 20.3 Å². The molecular formula is C11H21NO2. The number of nitrogens with one attached hydrogen (secondary N) is 1. The lowest BCUT2D eigenvalue weighted by molar-refractivity contribution is 0.00332. The van der Waals surface area contributed by atoms with Gasteiger partial charge in [-0.2, -0.15) is 0 Å². The Kier molecular flexibility index (Phi) is 5.15. The third-order valence-electron chi connectivity index (χ3n) is 2.51. The molecule has 1 aliphatic rings. The van der Waals surface area contributed by atoms with Crippen LogP contribution in [0.2, 0.25) is 0 Å². The molecule has 3 nitrogen and oxygen atoms in total. The number of rotatable bonds is 5. The van der Waals surface area contributed by atoms with Crippen LogP contribution in [0.5, 0.6) is 0 Å². The Balaban J connectivity index is 2.46. The monoisotopic (exact) mass is 199 g/mol. The maximum atomic E-state index is 8.72. The molecule has 0 aromatic heterocycles. The second-order valence-corrected chi connectivity index (χ2v) is 3.81. The van der Waals surface area contributed by atoms with Gasteiger partial charge in [0.05, 0.1) is 25.4 Å². The summed E-state index contributed by atoms with van der Waals surface area (Å²) >= 11 is 0. The van der Waals surface area contributed by atoms with E-state index in [0.29, 0.717) is 18.6 Å². The van der Waals surface area contributed by atoms with Gasteiger partial charge in [-0.15, -0.1) is 0 Å². The lowest BCUT2D eigenvalue weighted by atomic mass is 9.91. The van der Waals surface area contributed by atoms with E-state index in [1.807, 2.05) is 0 Å². The van der Waals surface area contributed by atoms with Crippen LogP contribution in [-0.2, 0) is 4.74 Å². The molecule has 0 amide bonds. The van der Waals surface area contributed by atoms with Gasteiger partial charge in [0, 0.05) is 0 Å².